The van der Waals surface area contributed by atoms with Crippen molar-refractivity contribution in [3.05, 3.63) is 0 Å². The van der Waals surface area contributed by atoms with E-state index >= 15 is 0 Å². The summed E-state index contributed by atoms with van der Waals surface area (Å²) in [6.07, 6.45) is 7.15. The predicted octanol–water partition coefficient (Wildman–Crippen LogP) is 2.13. The Labute approximate surface area is 109 Å². The van der Waals surface area contributed by atoms with Gasteiger partial charge in [0.25, 0.3) is 0 Å². The Bertz CT molecular complexity index is 276. The van der Waals surface area contributed by atoms with Crippen LogP contribution in [0.2, 0.25) is 0 Å². The molecule has 0 amide bonds. The number of ether oxygens (including phenoxy) is 1. The molecule has 18 heavy (non-hydrogen) atoms. The minimum atomic E-state index is -0.825. The fourth-order valence-electron chi connectivity index (χ4n) is 3.57. The molecule has 2 unspecified atom stereocenters. The first-order valence-corrected chi connectivity index (χ1v) is 7.30. The standard InChI is InChI=1S/C14H25NO3/c1-2-18-13(14(16)17)10-15-9-5-8-12(15)11-6-3-4-7-11/h11-13H,2-10H2,1H3,(H,16,17). The molecule has 1 heterocycles. The number of carbonyl (C=O) groups is 1. The summed E-state index contributed by atoms with van der Waals surface area (Å²) in [6, 6.07) is 0.606. The van der Waals surface area contributed by atoms with Crippen LogP contribution in [-0.2, 0) is 9.53 Å². The van der Waals surface area contributed by atoms with Crippen molar-refractivity contribution in [3.8, 4) is 0 Å². The highest BCUT2D eigenvalue weighted by Crippen LogP contribution is 2.35. The smallest absolute Gasteiger partial charge is 0.334 e. The number of hydrogen-bond donors (Lipinski definition) is 1. The lowest BCUT2D eigenvalue weighted by Gasteiger charge is -2.31. The molecule has 2 fully saturated rings. The van der Waals surface area contributed by atoms with Gasteiger partial charge in [-0.3, -0.25) is 4.90 Å². The van der Waals surface area contributed by atoms with Crippen LogP contribution in [0.5, 0.6) is 0 Å². The van der Waals surface area contributed by atoms with Crippen LogP contribution in [0.15, 0.2) is 0 Å². The highest BCUT2D eigenvalue weighted by atomic mass is 16.5. The topological polar surface area (TPSA) is 49.8 Å². The lowest BCUT2D eigenvalue weighted by molar-refractivity contribution is -0.151. The molecule has 0 spiro atoms. The minimum Gasteiger partial charge on any atom is -0.479 e. The van der Waals surface area contributed by atoms with Crippen molar-refractivity contribution in [1.29, 1.82) is 0 Å². The summed E-state index contributed by atoms with van der Waals surface area (Å²) in [7, 11) is 0. The van der Waals surface area contributed by atoms with E-state index in [1.165, 1.54) is 38.5 Å². The fourth-order valence-corrected chi connectivity index (χ4v) is 3.57. The van der Waals surface area contributed by atoms with E-state index in [1.54, 1.807) is 0 Å². The summed E-state index contributed by atoms with van der Waals surface area (Å²) in [5, 5.41) is 9.16. The number of likely N-dealkylation sites (tertiary alicyclic amines) is 1. The number of carboxylic acids is 1. The van der Waals surface area contributed by atoms with Gasteiger partial charge in [-0.2, -0.15) is 0 Å². The minimum absolute atomic E-state index is 0.471. The van der Waals surface area contributed by atoms with Crippen molar-refractivity contribution < 1.29 is 14.6 Å². The average Bonchev–Trinajstić information content (AvgIpc) is 2.97. The van der Waals surface area contributed by atoms with Gasteiger partial charge in [0.2, 0.25) is 0 Å². The number of rotatable bonds is 6. The van der Waals surface area contributed by atoms with Crippen LogP contribution in [0.25, 0.3) is 0 Å². The zero-order valence-electron chi connectivity index (χ0n) is 11.3. The van der Waals surface area contributed by atoms with Crippen LogP contribution < -0.4 is 0 Å². The Hall–Kier alpha value is -0.610. The zero-order valence-corrected chi connectivity index (χ0v) is 11.3. The Morgan fingerprint density at radius 3 is 2.67 bits per heavy atom. The summed E-state index contributed by atoms with van der Waals surface area (Å²) in [6.45, 7) is 3.93. The average molecular weight is 255 g/mol. The number of aliphatic carboxylic acids is 1. The van der Waals surface area contributed by atoms with E-state index in [0.717, 1.165) is 12.5 Å². The van der Waals surface area contributed by atoms with Crippen molar-refractivity contribution in [2.45, 2.75) is 57.6 Å². The van der Waals surface area contributed by atoms with Gasteiger partial charge in [0.05, 0.1) is 0 Å². The van der Waals surface area contributed by atoms with Gasteiger partial charge < -0.3 is 9.84 Å². The molecule has 0 bridgehead atoms. The van der Waals surface area contributed by atoms with E-state index in [-0.39, 0.29) is 0 Å². The van der Waals surface area contributed by atoms with E-state index in [0.29, 0.717) is 19.2 Å². The fraction of sp³-hybridized carbons (Fsp3) is 0.929. The Morgan fingerprint density at radius 1 is 1.33 bits per heavy atom. The van der Waals surface area contributed by atoms with E-state index in [9.17, 15) is 4.79 Å². The van der Waals surface area contributed by atoms with Gasteiger partial charge in [-0.1, -0.05) is 12.8 Å². The molecule has 0 radical (unpaired) electrons. The second-order valence-corrected chi connectivity index (χ2v) is 5.53. The second kappa shape index (κ2) is 6.53. The molecule has 4 nitrogen and oxygen atoms in total. The molecule has 2 aliphatic rings. The van der Waals surface area contributed by atoms with Gasteiger partial charge in [-0.15, -0.1) is 0 Å². The molecule has 1 aliphatic heterocycles. The third-order valence-corrected chi connectivity index (χ3v) is 4.40. The van der Waals surface area contributed by atoms with Gasteiger partial charge in [-0.25, -0.2) is 4.79 Å². The molecule has 4 heteroatoms. The molecule has 1 saturated carbocycles. The normalized spacial score (nSPS) is 27.7. The molecule has 2 rings (SSSR count). The van der Waals surface area contributed by atoms with Crippen molar-refractivity contribution in [1.82, 2.24) is 4.90 Å². The molecular formula is C14H25NO3. The van der Waals surface area contributed by atoms with Gasteiger partial charge >= 0.3 is 5.97 Å². The largest absolute Gasteiger partial charge is 0.479 e. The summed E-state index contributed by atoms with van der Waals surface area (Å²) >= 11 is 0. The maximum atomic E-state index is 11.2. The SMILES string of the molecule is CCOC(CN1CCCC1C1CCCC1)C(=O)O. The van der Waals surface area contributed by atoms with E-state index in [1.807, 2.05) is 6.92 Å². The van der Waals surface area contributed by atoms with Crippen LogP contribution in [0, 0.1) is 5.92 Å². The maximum absolute atomic E-state index is 11.2. The number of carboxylic acid groups (broad SMARTS) is 1. The lowest BCUT2D eigenvalue weighted by atomic mass is 9.96. The summed E-state index contributed by atoms with van der Waals surface area (Å²) in [5.74, 6) is -0.0301. The highest BCUT2D eigenvalue weighted by Gasteiger charge is 2.35. The van der Waals surface area contributed by atoms with Crippen molar-refractivity contribution in [2.75, 3.05) is 19.7 Å². The van der Waals surface area contributed by atoms with Crippen molar-refractivity contribution >= 4 is 5.97 Å². The third kappa shape index (κ3) is 3.23. The van der Waals surface area contributed by atoms with E-state index in [4.69, 9.17) is 9.84 Å². The zero-order chi connectivity index (χ0) is 13.0. The summed E-state index contributed by atoms with van der Waals surface area (Å²) < 4.78 is 5.34. The van der Waals surface area contributed by atoms with E-state index < -0.39 is 12.1 Å². The number of nitrogens with zero attached hydrogens (tertiary/aromatic N) is 1. The summed E-state index contributed by atoms with van der Waals surface area (Å²) in [4.78, 5) is 13.5. The summed E-state index contributed by atoms with van der Waals surface area (Å²) in [5.41, 5.74) is 0. The number of hydrogen-bond acceptors (Lipinski definition) is 3. The predicted molar refractivity (Wildman–Crippen MR) is 69.6 cm³/mol. The molecule has 0 aromatic rings. The van der Waals surface area contributed by atoms with Crippen molar-refractivity contribution in [2.24, 2.45) is 5.92 Å². The molecule has 0 aromatic carbocycles. The first-order valence-electron chi connectivity index (χ1n) is 7.30. The first-order chi connectivity index (χ1) is 8.72. The van der Waals surface area contributed by atoms with Gasteiger partial charge in [0, 0.05) is 19.2 Å². The first kappa shape index (κ1) is 13.8. The van der Waals surface area contributed by atoms with E-state index in [2.05, 4.69) is 4.90 Å². The Kier molecular flexibility index (Phi) is 5.01. The molecule has 104 valence electrons. The Balaban J connectivity index is 1.91. The highest BCUT2D eigenvalue weighted by molar-refractivity contribution is 5.72. The lowest BCUT2D eigenvalue weighted by Crippen LogP contribution is -2.43. The quantitative estimate of drug-likeness (QED) is 0.790. The van der Waals surface area contributed by atoms with Crippen LogP contribution in [0.4, 0.5) is 0 Å². The molecule has 1 N–H and O–H groups in total. The molecule has 2 atom stereocenters. The molecule has 1 aliphatic carbocycles. The van der Waals surface area contributed by atoms with Gasteiger partial charge in [0.15, 0.2) is 6.10 Å². The third-order valence-electron chi connectivity index (χ3n) is 4.40. The van der Waals surface area contributed by atoms with Gasteiger partial charge in [-0.05, 0) is 45.1 Å². The van der Waals surface area contributed by atoms with Crippen LogP contribution in [0.3, 0.4) is 0 Å². The van der Waals surface area contributed by atoms with Crippen molar-refractivity contribution in [3.63, 3.8) is 0 Å². The van der Waals surface area contributed by atoms with Gasteiger partial charge in [0.1, 0.15) is 0 Å². The van der Waals surface area contributed by atoms with Crippen LogP contribution >= 0.6 is 0 Å². The molecule has 1 saturated heterocycles. The monoisotopic (exact) mass is 255 g/mol. The second-order valence-electron chi connectivity index (χ2n) is 5.53. The van der Waals surface area contributed by atoms with Crippen LogP contribution in [-0.4, -0.2) is 47.8 Å². The Morgan fingerprint density at radius 2 is 2.06 bits per heavy atom. The maximum Gasteiger partial charge on any atom is 0.334 e. The molecule has 0 aromatic heterocycles. The molecular weight excluding hydrogens is 230 g/mol. The van der Waals surface area contributed by atoms with Crippen LogP contribution in [0.1, 0.15) is 45.4 Å².